The summed E-state index contributed by atoms with van der Waals surface area (Å²) in [7, 11) is 0.819. The van der Waals surface area contributed by atoms with Crippen molar-refractivity contribution in [2.45, 2.75) is 55.1 Å². The van der Waals surface area contributed by atoms with Crippen LogP contribution in [0.15, 0.2) is 11.1 Å². The summed E-state index contributed by atoms with van der Waals surface area (Å²) in [5, 5.41) is 5.38. The first-order chi connectivity index (χ1) is 10.2. The third-order valence-corrected chi connectivity index (χ3v) is 6.66. The fourth-order valence-corrected chi connectivity index (χ4v) is 4.82. The van der Waals surface area contributed by atoms with Crippen LogP contribution in [0.25, 0.3) is 0 Å². The second-order valence-corrected chi connectivity index (χ2v) is 8.05. The Morgan fingerprint density at radius 2 is 2.10 bits per heavy atom. The third-order valence-electron chi connectivity index (χ3n) is 5.08. The molecule has 21 heavy (non-hydrogen) atoms. The van der Waals surface area contributed by atoms with Gasteiger partial charge in [0, 0.05) is 32.7 Å². The van der Waals surface area contributed by atoms with Crippen LogP contribution in [0.4, 0.5) is 0 Å². The summed E-state index contributed by atoms with van der Waals surface area (Å²) >= 11 is 0. The summed E-state index contributed by atoms with van der Waals surface area (Å²) in [6.07, 6.45) is 6.82. The van der Waals surface area contributed by atoms with Gasteiger partial charge in [0.15, 0.2) is 0 Å². The highest BCUT2D eigenvalue weighted by atomic mass is 32.2. The molecule has 6 heteroatoms. The van der Waals surface area contributed by atoms with Gasteiger partial charge in [-0.1, -0.05) is 0 Å². The average molecular weight is 309 g/mol. The summed E-state index contributed by atoms with van der Waals surface area (Å²) in [5.74, 6) is 0.610. The van der Waals surface area contributed by atoms with Crippen molar-refractivity contribution in [1.29, 1.82) is 0 Å². The molecule has 1 aliphatic carbocycles. The van der Waals surface area contributed by atoms with Crippen LogP contribution < -0.4 is 0 Å². The molecule has 1 saturated carbocycles. The Morgan fingerprint density at radius 1 is 1.33 bits per heavy atom. The first-order valence-electron chi connectivity index (χ1n) is 8.02. The predicted molar refractivity (Wildman–Crippen MR) is 80.3 cm³/mol. The lowest BCUT2D eigenvalue weighted by Crippen LogP contribution is -2.44. The predicted octanol–water partition coefficient (Wildman–Crippen LogP) is 1.97. The minimum absolute atomic E-state index is 0.0896. The van der Waals surface area contributed by atoms with Gasteiger partial charge in [0.1, 0.15) is 16.0 Å². The van der Waals surface area contributed by atoms with Crippen LogP contribution >= 0.6 is 0 Å². The Kier molecular flexibility index (Phi) is 3.43. The highest BCUT2D eigenvalue weighted by Crippen LogP contribution is 2.40. The van der Waals surface area contributed by atoms with Gasteiger partial charge in [-0.2, -0.15) is 5.10 Å². The molecule has 1 unspecified atom stereocenters. The van der Waals surface area contributed by atoms with E-state index in [-0.39, 0.29) is 5.60 Å². The SMILES string of the molecule is Cn1nc(C2CC2)cc1S(=O)N1CCC2(CCCO2)CC1. The Morgan fingerprint density at radius 3 is 2.71 bits per heavy atom. The monoisotopic (exact) mass is 309 g/mol. The summed E-state index contributed by atoms with van der Waals surface area (Å²) in [6.45, 7) is 2.61. The van der Waals surface area contributed by atoms with Crippen LogP contribution in [0.5, 0.6) is 0 Å². The summed E-state index contributed by atoms with van der Waals surface area (Å²) in [4.78, 5) is 0. The van der Waals surface area contributed by atoms with Crippen LogP contribution in [-0.4, -0.2) is 43.6 Å². The minimum Gasteiger partial charge on any atom is -0.375 e. The number of piperidine rings is 1. The Hall–Kier alpha value is -0.720. The fraction of sp³-hybridized carbons (Fsp3) is 0.800. The van der Waals surface area contributed by atoms with Gasteiger partial charge >= 0.3 is 0 Å². The minimum atomic E-state index is -1.09. The van der Waals surface area contributed by atoms with Gasteiger partial charge < -0.3 is 4.74 Å². The number of ether oxygens (including phenoxy) is 1. The zero-order valence-corrected chi connectivity index (χ0v) is 13.4. The molecule has 1 atom stereocenters. The molecule has 3 aliphatic rings. The lowest BCUT2D eigenvalue weighted by atomic mass is 9.90. The van der Waals surface area contributed by atoms with Crippen LogP contribution in [0.1, 0.15) is 50.1 Å². The van der Waals surface area contributed by atoms with Gasteiger partial charge in [0.25, 0.3) is 0 Å². The van der Waals surface area contributed by atoms with Gasteiger partial charge in [-0.25, -0.2) is 8.51 Å². The Labute approximate surface area is 128 Å². The van der Waals surface area contributed by atoms with Crippen molar-refractivity contribution in [3.05, 3.63) is 11.8 Å². The lowest BCUT2D eigenvalue weighted by molar-refractivity contribution is -0.0303. The van der Waals surface area contributed by atoms with E-state index in [0.29, 0.717) is 5.92 Å². The molecule has 3 heterocycles. The number of aryl methyl sites for hydroxylation is 1. The van der Waals surface area contributed by atoms with E-state index < -0.39 is 11.0 Å². The van der Waals surface area contributed by atoms with E-state index in [0.717, 1.165) is 43.3 Å². The first kappa shape index (κ1) is 13.9. The molecule has 2 saturated heterocycles. The first-order valence-corrected chi connectivity index (χ1v) is 9.12. The standard InChI is InChI=1S/C15H23N3O2S/c1-17-14(11-13(16-17)12-3-4-12)21(19)18-8-6-15(7-9-18)5-2-10-20-15/h11-12H,2-10H2,1H3. The molecule has 0 N–H and O–H groups in total. The number of hydrogen-bond acceptors (Lipinski definition) is 3. The fourth-order valence-electron chi connectivity index (χ4n) is 3.55. The molecule has 4 rings (SSSR count). The Balaban J connectivity index is 1.45. The maximum absolute atomic E-state index is 12.8. The number of nitrogens with zero attached hydrogens (tertiary/aromatic N) is 3. The van der Waals surface area contributed by atoms with E-state index in [4.69, 9.17) is 4.74 Å². The van der Waals surface area contributed by atoms with Crippen molar-refractivity contribution < 1.29 is 8.95 Å². The zero-order valence-electron chi connectivity index (χ0n) is 12.6. The maximum atomic E-state index is 12.8. The molecule has 1 aromatic rings. The Bertz CT molecular complexity index is 551. The van der Waals surface area contributed by atoms with Gasteiger partial charge in [-0.05, 0) is 44.6 Å². The van der Waals surface area contributed by atoms with Crippen LogP contribution in [-0.2, 0) is 22.8 Å². The molecule has 0 bridgehead atoms. The molecular weight excluding hydrogens is 286 g/mol. The molecule has 1 aromatic heterocycles. The van der Waals surface area contributed by atoms with E-state index in [1.54, 1.807) is 4.68 Å². The quantitative estimate of drug-likeness (QED) is 0.857. The highest BCUT2D eigenvalue weighted by molar-refractivity contribution is 7.82. The van der Waals surface area contributed by atoms with Crippen LogP contribution in [0.2, 0.25) is 0 Å². The summed E-state index contributed by atoms with van der Waals surface area (Å²) < 4.78 is 22.6. The average Bonchev–Trinajstić information content (AvgIpc) is 3.14. The van der Waals surface area contributed by atoms with E-state index in [2.05, 4.69) is 9.40 Å². The molecule has 3 fully saturated rings. The largest absolute Gasteiger partial charge is 0.375 e. The molecule has 0 radical (unpaired) electrons. The van der Waals surface area contributed by atoms with Gasteiger partial charge in [0.2, 0.25) is 0 Å². The van der Waals surface area contributed by atoms with Crippen LogP contribution in [0.3, 0.4) is 0 Å². The van der Waals surface area contributed by atoms with Crippen molar-refractivity contribution in [3.63, 3.8) is 0 Å². The van der Waals surface area contributed by atoms with Crippen molar-refractivity contribution in [2.75, 3.05) is 19.7 Å². The van der Waals surface area contributed by atoms with Crippen LogP contribution in [0, 0.1) is 0 Å². The second-order valence-electron chi connectivity index (χ2n) is 6.62. The highest BCUT2D eigenvalue weighted by Gasteiger charge is 2.40. The number of rotatable bonds is 3. The lowest BCUT2D eigenvalue weighted by Gasteiger charge is -2.37. The molecule has 0 amide bonds. The maximum Gasteiger partial charge on any atom is 0.146 e. The molecule has 116 valence electrons. The summed E-state index contributed by atoms with van der Waals surface area (Å²) in [5.41, 5.74) is 1.21. The zero-order chi connectivity index (χ0) is 14.4. The van der Waals surface area contributed by atoms with E-state index >= 15 is 0 Å². The molecule has 0 aromatic carbocycles. The molecule has 1 spiro atoms. The van der Waals surface area contributed by atoms with E-state index in [1.807, 2.05) is 13.1 Å². The topological polar surface area (TPSA) is 47.4 Å². The van der Waals surface area contributed by atoms with Crippen molar-refractivity contribution in [3.8, 4) is 0 Å². The molecule has 5 nitrogen and oxygen atoms in total. The smallest absolute Gasteiger partial charge is 0.146 e. The van der Waals surface area contributed by atoms with Crippen molar-refractivity contribution >= 4 is 11.0 Å². The van der Waals surface area contributed by atoms with Gasteiger partial charge in [-0.3, -0.25) is 4.68 Å². The van der Waals surface area contributed by atoms with E-state index in [1.165, 1.54) is 25.7 Å². The van der Waals surface area contributed by atoms with E-state index in [9.17, 15) is 4.21 Å². The number of aromatic nitrogens is 2. The van der Waals surface area contributed by atoms with Crippen molar-refractivity contribution in [2.24, 2.45) is 7.05 Å². The van der Waals surface area contributed by atoms with Crippen molar-refractivity contribution in [1.82, 2.24) is 14.1 Å². The summed E-state index contributed by atoms with van der Waals surface area (Å²) in [6, 6.07) is 2.05. The normalized spacial score (nSPS) is 27.3. The third kappa shape index (κ3) is 2.58. The molecular formula is C15H23N3O2S. The second kappa shape index (κ2) is 5.18. The van der Waals surface area contributed by atoms with Gasteiger partial charge in [-0.15, -0.1) is 0 Å². The molecule has 2 aliphatic heterocycles. The van der Waals surface area contributed by atoms with Gasteiger partial charge in [0.05, 0.1) is 11.3 Å². The number of hydrogen-bond donors (Lipinski definition) is 0.